The molecule has 1 aromatic rings. The largest absolute Gasteiger partial charge is 0.494 e. The van der Waals surface area contributed by atoms with Crippen LogP contribution in [-0.4, -0.2) is 45.9 Å². The highest BCUT2D eigenvalue weighted by molar-refractivity contribution is 14.0. The molecule has 1 aromatic carbocycles. The van der Waals surface area contributed by atoms with E-state index in [1.54, 1.807) is 19.2 Å². The molecule has 25 heavy (non-hydrogen) atoms. The van der Waals surface area contributed by atoms with Gasteiger partial charge in [-0.25, -0.2) is 4.39 Å². The summed E-state index contributed by atoms with van der Waals surface area (Å²) in [4.78, 5) is 4.19. The Hall–Kier alpha value is -1.09. The van der Waals surface area contributed by atoms with Crippen LogP contribution < -0.4 is 15.4 Å². The van der Waals surface area contributed by atoms with E-state index in [9.17, 15) is 4.39 Å². The molecule has 0 unspecified atom stereocenters. The van der Waals surface area contributed by atoms with Gasteiger partial charge in [0, 0.05) is 33.4 Å². The third-order valence-corrected chi connectivity index (χ3v) is 3.38. The third-order valence-electron chi connectivity index (χ3n) is 3.38. The van der Waals surface area contributed by atoms with Gasteiger partial charge in [-0.05, 0) is 56.9 Å². The Balaban J connectivity index is 0.00000576. The van der Waals surface area contributed by atoms with Crippen LogP contribution in [0.3, 0.4) is 0 Å². The molecule has 0 heterocycles. The topological polar surface area (TPSA) is 54.9 Å². The highest BCUT2D eigenvalue weighted by atomic mass is 127. The van der Waals surface area contributed by atoms with Crippen molar-refractivity contribution in [3.63, 3.8) is 0 Å². The number of unbranched alkanes of at least 4 members (excludes halogenated alkanes) is 2. The second kappa shape index (κ2) is 16.4. The lowest BCUT2D eigenvalue weighted by atomic mass is 10.3. The lowest BCUT2D eigenvalue weighted by Crippen LogP contribution is -2.38. The third kappa shape index (κ3) is 12.9. The van der Waals surface area contributed by atoms with Gasteiger partial charge in [-0.1, -0.05) is 0 Å². The second-order valence-electron chi connectivity index (χ2n) is 5.34. The van der Waals surface area contributed by atoms with Crippen LogP contribution in [0.2, 0.25) is 0 Å². The monoisotopic (exact) mass is 467 g/mol. The Kier molecular flexibility index (Phi) is 15.7. The first-order chi connectivity index (χ1) is 11.8. The molecule has 7 heteroatoms. The number of rotatable bonds is 12. The molecule has 0 aromatic heterocycles. The first-order valence-corrected chi connectivity index (χ1v) is 8.67. The van der Waals surface area contributed by atoms with Gasteiger partial charge in [-0.3, -0.25) is 4.99 Å². The Labute approximate surface area is 167 Å². The van der Waals surface area contributed by atoms with Crippen LogP contribution in [0, 0.1) is 5.82 Å². The van der Waals surface area contributed by atoms with Gasteiger partial charge in [-0.15, -0.1) is 24.0 Å². The van der Waals surface area contributed by atoms with Crippen LogP contribution >= 0.6 is 24.0 Å². The van der Waals surface area contributed by atoms with E-state index in [-0.39, 0.29) is 29.8 Å². The SMILES string of the molecule is CCOCCCCNC(=NC)NCCCCOc1ccc(F)cc1.I. The molecule has 0 atom stereocenters. The summed E-state index contributed by atoms with van der Waals surface area (Å²) in [6.07, 6.45) is 4.02. The van der Waals surface area contributed by atoms with Gasteiger partial charge in [0.15, 0.2) is 5.96 Å². The van der Waals surface area contributed by atoms with Crippen LogP contribution in [0.4, 0.5) is 4.39 Å². The Bertz CT molecular complexity index is 458. The fraction of sp³-hybridized carbons (Fsp3) is 0.611. The highest BCUT2D eigenvalue weighted by Crippen LogP contribution is 2.11. The van der Waals surface area contributed by atoms with Gasteiger partial charge in [-0.2, -0.15) is 0 Å². The standard InChI is InChI=1S/C18H30FN3O2.HI/c1-3-23-14-6-4-12-21-18(20-2)22-13-5-7-15-24-17-10-8-16(19)9-11-17;/h8-11H,3-7,12-15H2,1-2H3,(H2,20,21,22);1H. The zero-order valence-electron chi connectivity index (χ0n) is 15.2. The van der Waals surface area contributed by atoms with Crippen molar-refractivity contribution in [1.82, 2.24) is 10.6 Å². The van der Waals surface area contributed by atoms with Crippen molar-refractivity contribution in [1.29, 1.82) is 0 Å². The fourth-order valence-electron chi connectivity index (χ4n) is 2.06. The van der Waals surface area contributed by atoms with Gasteiger partial charge < -0.3 is 20.1 Å². The van der Waals surface area contributed by atoms with Gasteiger partial charge in [0.25, 0.3) is 0 Å². The Morgan fingerprint density at radius 2 is 1.60 bits per heavy atom. The number of nitrogens with one attached hydrogen (secondary N) is 2. The number of ether oxygens (including phenoxy) is 2. The first-order valence-electron chi connectivity index (χ1n) is 8.67. The van der Waals surface area contributed by atoms with Crippen molar-refractivity contribution in [2.45, 2.75) is 32.6 Å². The van der Waals surface area contributed by atoms with E-state index in [0.717, 1.165) is 57.9 Å². The molecule has 0 amide bonds. The van der Waals surface area contributed by atoms with Gasteiger partial charge in [0.2, 0.25) is 0 Å². The smallest absolute Gasteiger partial charge is 0.190 e. The van der Waals surface area contributed by atoms with Crippen molar-refractivity contribution in [3.05, 3.63) is 30.1 Å². The van der Waals surface area contributed by atoms with E-state index in [4.69, 9.17) is 9.47 Å². The van der Waals surface area contributed by atoms with E-state index in [1.807, 2.05) is 6.92 Å². The summed E-state index contributed by atoms with van der Waals surface area (Å²) in [5.74, 6) is 1.28. The molecule has 0 aliphatic heterocycles. The molecule has 144 valence electrons. The number of guanidine groups is 1. The van der Waals surface area contributed by atoms with Crippen molar-refractivity contribution in [3.8, 4) is 5.75 Å². The predicted octanol–water partition coefficient (Wildman–Crippen LogP) is 3.58. The van der Waals surface area contributed by atoms with E-state index in [0.29, 0.717) is 12.4 Å². The van der Waals surface area contributed by atoms with Crippen molar-refractivity contribution in [2.75, 3.05) is 40.0 Å². The Morgan fingerprint density at radius 1 is 1.00 bits per heavy atom. The van der Waals surface area contributed by atoms with Crippen LogP contribution in [0.15, 0.2) is 29.3 Å². The lowest BCUT2D eigenvalue weighted by Gasteiger charge is -2.12. The maximum atomic E-state index is 12.8. The average molecular weight is 467 g/mol. The second-order valence-corrected chi connectivity index (χ2v) is 5.34. The van der Waals surface area contributed by atoms with Gasteiger partial charge >= 0.3 is 0 Å². The van der Waals surface area contributed by atoms with Crippen molar-refractivity contribution >= 4 is 29.9 Å². The number of hydrogen-bond donors (Lipinski definition) is 2. The predicted molar refractivity (Wildman–Crippen MR) is 112 cm³/mol. The zero-order chi connectivity index (χ0) is 17.5. The summed E-state index contributed by atoms with van der Waals surface area (Å²) in [5.41, 5.74) is 0. The summed E-state index contributed by atoms with van der Waals surface area (Å²) in [7, 11) is 1.77. The molecular weight excluding hydrogens is 436 g/mol. The molecule has 0 saturated heterocycles. The molecule has 0 aliphatic carbocycles. The molecule has 5 nitrogen and oxygen atoms in total. The first kappa shape index (κ1) is 23.9. The number of benzene rings is 1. The summed E-state index contributed by atoms with van der Waals surface area (Å²) in [6, 6.07) is 6.09. The molecule has 0 aliphatic rings. The molecular formula is C18H31FIN3O2. The van der Waals surface area contributed by atoms with E-state index < -0.39 is 0 Å². The van der Waals surface area contributed by atoms with Gasteiger partial charge in [0.05, 0.1) is 6.61 Å². The van der Waals surface area contributed by atoms with Crippen LogP contribution in [0.25, 0.3) is 0 Å². The Morgan fingerprint density at radius 3 is 2.16 bits per heavy atom. The average Bonchev–Trinajstić information content (AvgIpc) is 2.60. The zero-order valence-corrected chi connectivity index (χ0v) is 17.6. The minimum Gasteiger partial charge on any atom is -0.494 e. The van der Waals surface area contributed by atoms with Crippen LogP contribution in [0.1, 0.15) is 32.6 Å². The van der Waals surface area contributed by atoms with Gasteiger partial charge in [0.1, 0.15) is 11.6 Å². The molecule has 0 bridgehead atoms. The molecule has 0 radical (unpaired) electrons. The minimum atomic E-state index is -0.247. The summed E-state index contributed by atoms with van der Waals surface area (Å²) >= 11 is 0. The maximum absolute atomic E-state index is 12.8. The normalized spacial score (nSPS) is 10.9. The van der Waals surface area contributed by atoms with Crippen molar-refractivity contribution in [2.24, 2.45) is 4.99 Å². The fourth-order valence-corrected chi connectivity index (χ4v) is 2.06. The molecule has 0 fully saturated rings. The minimum absolute atomic E-state index is 0. The van der Waals surface area contributed by atoms with E-state index >= 15 is 0 Å². The maximum Gasteiger partial charge on any atom is 0.190 e. The van der Waals surface area contributed by atoms with Crippen molar-refractivity contribution < 1.29 is 13.9 Å². The summed E-state index contributed by atoms with van der Waals surface area (Å²) < 4.78 is 23.6. The quantitative estimate of drug-likeness (QED) is 0.214. The van der Waals surface area contributed by atoms with Crippen LogP contribution in [0.5, 0.6) is 5.75 Å². The highest BCUT2D eigenvalue weighted by Gasteiger charge is 1.98. The van der Waals surface area contributed by atoms with E-state index in [1.165, 1.54) is 12.1 Å². The summed E-state index contributed by atoms with van der Waals surface area (Å²) in [5, 5.41) is 6.57. The molecule has 1 rings (SSSR count). The summed E-state index contributed by atoms with van der Waals surface area (Å²) in [6.45, 7) is 5.96. The van der Waals surface area contributed by atoms with E-state index in [2.05, 4.69) is 15.6 Å². The number of halogens is 2. The molecule has 0 saturated carbocycles. The molecule has 2 N–H and O–H groups in total. The lowest BCUT2D eigenvalue weighted by molar-refractivity contribution is 0.143. The number of hydrogen-bond acceptors (Lipinski definition) is 3. The van der Waals surface area contributed by atoms with Crippen LogP contribution in [-0.2, 0) is 4.74 Å². The number of aliphatic imine (C=N–C) groups is 1. The molecule has 0 spiro atoms. The number of nitrogens with zero attached hydrogens (tertiary/aromatic N) is 1.